The van der Waals surface area contributed by atoms with Crippen LogP contribution >= 0.6 is 0 Å². The van der Waals surface area contributed by atoms with Gasteiger partial charge in [-0.3, -0.25) is 4.79 Å². The second-order valence-corrected chi connectivity index (χ2v) is 4.73. The maximum absolute atomic E-state index is 12.1. The third kappa shape index (κ3) is 3.35. The summed E-state index contributed by atoms with van der Waals surface area (Å²) in [5.41, 5.74) is 9.13. The third-order valence-electron chi connectivity index (χ3n) is 3.04. The van der Waals surface area contributed by atoms with Crippen molar-refractivity contribution >= 4 is 11.6 Å². The Labute approximate surface area is 113 Å². The monoisotopic (exact) mass is 254 g/mol. The Kier molecular flexibility index (Phi) is 3.85. The molecule has 0 bridgehead atoms. The number of carbonyl (C=O) groups excluding carboxylic acids is 1. The van der Waals surface area contributed by atoms with Crippen molar-refractivity contribution in [1.29, 1.82) is 0 Å². The smallest absolute Gasteiger partial charge is 0.251 e. The van der Waals surface area contributed by atoms with Gasteiger partial charge in [-0.15, -0.1) is 0 Å². The van der Waals surface area contributed by atoms with Gasteiger partial charge in [-0.25, -0.2) is 0 Å². The van der Waals surface area contributed by atoms with E-state index in [4.69, 9.17) is 5.73 Å². The van der Waals surface area contributed by atoms with E-state index < -0.39 is 0 Å². The number of amides is 1. The molecule has 0 aromatic heterocycles. The number of hydrogen-bond acceptors (Lipinski definition) is 2. The van der Waals surface area contributed by atoms with Crippen molar-refractivity contribution in [2.45, 2.75) is 19.9 Å². The Hall–Kier alpha value is -2.29. The van der Waals surface area contributed by atoms with E-state index >= 15 is 0 Å². The molecule has 2 aromatic carbocycles. The highest BCUT2D eigenvalue weighted by atomic mass is 16.1. The van der Waals surface area contributed by atoms with E-state index in [1.807, 2.05) is 32.0 Å². The largest absolute Gasteiger partial charge is 0.399 e. The Morgan fingerprint density at radius 3 is 2.58 bits per heavy atom. The van der Waals surface area contributed by atoms with Gasteiger partial charge in [0.1, 0.15) is 0 Å². The van der Waals surface area contributed by atoms with Crippen LogP contribution in [-0.4, -0.2) is 5.91 Å². The van der Waals surface area contributed by atoms with E-state index in [1.54, 1.807) is 24.3 Å². The number of aryl methyl sites for hydroxylation is 1. The van der Waals surface area contributed by atoms with Crippen LogP contribution in [0.15, 0.2) is 48.5 Å². The summed E-state index contributed by atoms with van der Waals surface area (Å²) in [5, 5.41) is 2.97. The van der Waals surface area contributed by atoms with Crippen molar-refractivity contribution in [2.24, 2.45) is 0 Å². The molecule has 0 unspecified atom stereocenters. The Bertz CT molecular complexity index is 593. The first-order valence-electron chi connectivity index (χ1n) is 6.29. The predicted molar refractivity (Wildman–Crippen MR) is 77.9 cm³/mol. The summed E-state index contributed by atoms with van der Waals surface area (Å²) >= 11 is 0. The van der Waals surface area contributed by atoms with E-state index in [1.165, 1.54) is 5.56 Å². The quantitative estimate of drug-likeness (QED) is 0.827. The van der Waals surface area contributed by atoms with Crippen LogP contribution in [0.2, 0.25) is 0 Å². The molecule has 0 aliphatic rings. The van der Waals surface area contributed by atoms with Gasteiger partial charge in [0, 0.05) is 11.3 Å². The molecule has 98 valence electrons. The zero-order valence-corrected chi connectivity index (χ0v) is 11.2. The van der Waals surface area contributed by atoms with Crippen LogP contribution in [0.25, 0.3) is 0 Å². The molecule has 1 atom stereocenters. The summed E-state index contributed by atoms with van der Waals surface area (Å²) in [7, 11) is 0. The highest BCUT2D eigenvalue weighted by Crippen LogP contribution is 2.15. The SMILES string of the molecule is Cc1cccc([C@H](C)NC(=O)c2cccc(N)c2)c1. The van der Waals surface area contributed by atoms with Crippen molar-refractivity contribution in [3.63, 3.8) is 0 Å². The maximum atomic E-state index is 12.1. The summed E-state index contributed by atoms with van der Waals surface area (Å²) < 4.78 is 0. The minimum absolute atomic E-state index is 0.0335. The van der Waals surface area contributed by atoms with E-state index in [0.29, 0.717) is 11.3 Å². The van der Waals surface area contributed by atoms with E-state index in [2.05, 4.69) is 11.4 Å². The van der Waals surface area contributed by atoms with Crippen LogP contribution in [-0.2, 0) is 0 Å². The summed E-state index contributed by atoms with van der Waals surface area (Å²) in [6.07, 6.45) is 0. The average Bonchev–Trinajstić information content (AvgIpc) is 2.38. The number of anilines is 1. The highest BCUT2D eigenvalue weighted by Gasteiger charge is 2.11. The van der Waals surface area contributed by atoms with Gasteiger partial charge in [0.15, 0.2) is 0 Å². The highest BCUT2D eigenvalue weighted by molar-refractivity contribution is 5.95. The molecular weight excluding hydrogens is 236 g/mol. The fourth-order valence-electron chi connectivity index (χ4n) is 1.98. The zero-order valence-electron chi connectivity index (χ0n) is 11.2. The van der Waals surface area contributed by atoms with Crippen LogP contribution in [0.1, 0.15) is 34.5 Å². The van der Waals surface area contributed by atoms with Crippen molar-refractivity contribution in [2.75, 3.05) is 5.73 Å². The molecule has 0 saturated heterocycles. The lowest BCUT2D eigenvalue weighted by atomic mass is 10.1. The molecule has 3 nitrogen and oxygen atoms in total. The minimum atomic E-state index is -0.110. The van der Waals surface area contributed by atoms with Crippen LogP contribution < -0.4 is 11.1 Å². The van der Waals surface area contributed by atoms with Gasteiger partial charge >= 0.3 is 0 Å². The van der Waals surface area contributed by atoms with Gasteiger partial charge in [0.25, 0.3) is 5.91 Å². The van der Waals surface area contributed by atoms with Gasteiger partial charge in [0.05, 0.1) is 6.04 Å². The lowest BCUT2D eigenvalue weighted by molar-refractivity contribution is 0.0940. The lowest BCUT2D eigenvalue weighted by Gasteiger charge is -2.15. The van der Waals surface area contributed by atoms with Gasteiger partial charge < -0.3 is 11.1 Å². The molecule has 0 aliphatic carbocycles. The summed E-state index contributed by atoms with van der Waals surface area (Å²) in [5.74, 6) is -0.110. The molecule has 0 spiro atoms. The van der Waals surface area contributed by atoms with Gasteiger partial charge in [-0.05, 0) is 37.6 Å². The number of nitrogens with two attached hydrogens (primary N) is 1. The molecule has 0 radical (unpaired) electrons. The van der Waals surface area contributed by atoms with Gasteiger partial charge in [-0.1, -0.05) is 35.9 Å². The summed E-state index contributed by atoms with van der Waals surface area (Å²) in [6, 6.07) is 15.1. The first-order chi connectivity index (χ1) is 9.06. The average molecular weight is 254 g/mol. The summed E-state index contributed by atoms with van der Waals surface area (Å²) in [4.78, 5) is 12.1. The molecule has 19 heavy (non-hydrogen) atoms. The van der Waals surface area contributed by atoms with Crippen LogP contribution in [0.4, 0.5) is 5.69 Å². The van der Waals surface area contributed by atoms with Crippen LogP contribution in [0.5, 0.6) is 0 Å². The third-order valence-corrected chi connectivity index (χ3v) is 3.04. The van der Waals surface area contributed by atoms with Crippen molar-refractivity contribution < 1.29 is 4.79 Å². The van der Waals surface area contributed by atoms with Crippen molar-refractivity contribution in [3.8, 4) is 0 Å². The second kappa shape index (κ2) is 5.57. The Morgan fingerprint density at radius 2 is 1.89 bits per heavy atom. The number of benzene rings is 2. The fourth-order valence-corrected chi connectivity index (χ4v) is 1.98. The van der Waals surface area contributed by atoms with E-state index in [0.717, 1.165) is 5.56 Å². The standard InChI is InChI=1S/C16H18N2O/c1-11-5-3-6-13(9-11)12(2)18-16(19)14-7-4-8-15(17)10-14/h3-10,12H,17H2,1-2H3,(H,18,19)/t12-/m0/s1. The fraction of sp³-hybridized carbons (Fsp3) is 0.188. The first-order valence-corrected chi connectivity index (χ1v) is 6.29. The molecule has 0 heterocycles. The number of nitrogen functional groups attached to an aromatic ring is 1. The second-order valence-electron chi connectivity index (χ2n) is 4.73. The Balaban J connectivity index is 2.11. The molecule has 2 aromatic rings. The van der Waals surface area contributed by atoms with Gasteiger partial charge in [-0.2, -0.15) is 0 Å². The van der Waals surface area contributed by atoms with Crippen LogP contribution in [0, 0.1) is 6.92 Å². The van der Waals surface area contributed by atoms with E-state index in [-0.39, 0.29) is 11.9 Å². The zero-order chi connectivity index (χ0) is 13.8. The lowest BCUT2D eigenvalue weighted by Crippen LogP contribution is -2.26. The molecule has 0 fully saturated rings. The number of nitrogens with one attached hydrogen (secondary N) is 1. The minimum Gasteiger partial charge on any atom is -0.399 e. The van der Waals surface area contributed by atoms with Crippen molar-refractivity contribution in [1.82, 2.24) is 5.32 Å². The summed E-state index contributed by atoms with van der Waals surface area (Å²) in [6.45, 7) is 4.01. The molecule has 1 amide bonds. The predicted octanol–water partition coefficient (Wildman–Crippen LogP) is 3.07. The Morgan fingerprint density at radius 1 is 1.16 bits per heavy atom. The normalized spacial score (nSPS) is 11.9. The van der Waals surface area contributed by atoms with Crippen molar-refractivity contribution in [3.05, 3.63) is 65.2 Å². The molecule has 2 rings (SSSR count). The van der Waals surface area contributed by atoms with E-state index in [9.17, 15) is 4.79 Å². The maximum Gasteiger partial charge on any atom is 0.251 e. The molecule has 0 saturated carbocycles. The topological polar surface area (TPSA) is 55.1 Å². The number of rotatable bonds is 3. The number of carbonyl (C=O) groups is 1. The molecule has 3 heteroatoms. The molecule has 0 aliphatic heterocycles. The first kappa shape index (κ1) is 13.1. The molecular formula is C16H18N2O. The number of hydrogen-bond donors (Lipinski definition) is 2. The molecule has 3 N–H and O–H groups in total. The van der Waals surface area contributed by atoms with Gasteiger partial charge in [0.2, 0.25) is 0 Å². The van der Waals surface area contributed by atoms with Crippen LogP contribution in [0.3, 0.4) is 0 Å².